The number of hydrogen-bond donors (Lipinski definition) is 1. The number of carbonyl (C=O) groups is 2. The molecule has 2 fully saturated rings. The van der Waals surface area contributed by atoms with Crippen molar-refractivity contribution in [1.29, 1.82) is 0 Å². The van der Waals surface area contributed by atoms with Crippen LogP contribution in [0.15, 0.2) is 18.2 Å². The molecule has 0 radical (unpaired) electrons. The van der Waals surface area contributed by atoms with Gasteiger partial charge in [0.2, 0.25) is 0 Å². The average Bonchev–Trinajstić information content (AvgIpc) is 2.83. The highest BCUT2D eigenvalue weighted by molar-refractivity contribution is 5.68. The second-order valence-electron chi connectivity index (χ2n) is 11.6. The molecule has 1 aromatic rings. The zero-order valence-corrected chi connectivity index (χ0v) is 24.1. The molecule has 0 unspecified atom stereocenters. The van der Waals surface area contributed by atoms with Gasteiger partial charge in [-0.05, 0) is 60.5 Å². The summed E-state index contributed by atoms with van der Waals surface area (Å²) < 4.78 is 21.7. The highest BCUT2D eigenvalue weighted by atomic mass is 16.6. The molecule has 2 heterocycles. The number of piperidine rings is 2. The van der Waals surface area contributed by atoms with E-state index in [0.717, 1.165) is 0 Å². The van der Waals surface area contributed by atoms with Crippen LogP contribution in [-0.4, -0.2) is 88.7 Å². The van der Waals surface area contributed by atoms with E-state index in [4.69, 9.17) is 18.9 Å². The molecule has 220 valence electrons. The number of aliphatic hydroxyl groups is 1. The Morgan fingerprint density at radius 3 is 1.74 bits per heavy atom. The zero-order chi connectivity index (χ0) is 29.4. The molecule has 0 atom stereocenters. The summed E-state index contributed by atoms with van der Waals surface area (Å²) in [5, 5.41) is 20.1. The molecule has 2 aliphatic heterocycles. The Bertz CT molecular complexity index is 972. The first kappa shape index (κ1) is 31.9. The Morgan fingerprint density at radius 1 is 0.872 bits per heavy atom. The number of carbonyl (C=O) groups excluding carboxylic acids is 2. The van der Waals surface area contributed by atoms with Gasteiger partial charge in [0.25, 0.3) is 5.69 Å². The molecule has 0 saturated carbocycles. The number of nitrogens with zero attached hydrogens (tertiary/aromatic N) is 3. The van der Waals surface area contributed by atoms with Gasteiger partial charge in [0.05, 0.1) is 24.2 Å². The van der Waals surface area contributed by atoms with Crippen LogP contribution >= 0.6 is 0 Å². The molecule has 2 aliphatic rings. The van der Waals surface area contributed by atoms with E-state index in [1.54, 1.807) is 9.80 Å². The third-order valence-corrected chi connectivity index (χ3v) is 5.86. The van der Waals surface area contributed by atoms with Crippen LogP contribution in [0.3, 0.4) is 0 Å². The lowest BCUT2D eigenvalue weighted by Crippen LogP contribution is -2.44. The lowest BCUT2D eigenvalue weighted by atomic mass is 10.1. The maximum absolute atomic E-state index is 12.1. The van der Waals surface area contributed by atoms with Crippen molar-refractivity contribution < 1.29 is 38.6 Å². The minimum absolute atomic E-state index is 0.0519. The van der Waals surface area contributed by atoms with Gasteiger partial charge in [0.15, 0.2) is 11.5 Å². The molecule has 39 heavy (non-hydrogen) atoms. The third-order valence-electron chi connectivity index (χ3n) is 5.86. The third kappa shape index (κ3) is 11.2. The van der Waals surface area contributed by atoms with Crippen LogP contribution in [0.5, 0.6) is 11.5 Å². The van der Waals surface area contributed by atoms with Crippen molar-refractivity contribution in [2.24, 2.45) is 0 Å². The maximum atomic E-state index is 12.1. The summed E-state index contributed by atoms with van der Waals surface area (Å²) in [6.07, 6.45) is 1.67. The second-order valence-corrected chi connectivity index (χ2v) is 11.6. The molecule has 3 rings (SSSR count). The molecular formula is C27H43N3O9. The number of ether oxygens (including phenoxy) is 4. The summed E-state index contributed by atoms with van der Waals surface area (Å²) in [6.45, 7) is 13.3. The number of nitro benzene ring substituents is 1. The van der Waals surface area contributed by atoms with Crippen LogP contribution in [0.1, 0.15) is 67.2 Å². The van der Waals surface area contributed by atoms with E-state index < -0.39 is 16.1 Å². The first-order chi connectivity index (χ1) is 18.1. The largest absolute Gasteiger partial charge is 0.493 e. The Labute approximate surface area is 230 Å². The Kier molecular flexibility index (Phi) is 11.2. The SMILES string of the molecule is CC(C)(C)OC(=O)N1CCC(O)CC1.COc1cc([N+](=O)[O-])ccc1OC1CCN(C(=O)OC(C)(C)C)CC1. The van der Waals surface area contributed by atoms with Crippen LogP contribution in [-0.2, 0) is 9.47 Å². The van der Waals surface area contributed by atoms with Crippen molar-refractivity contribution >= 4 is 17.9 Å². The lowest BCUT2D eigenvalue weighted by molar-refractivity contribution is -0.385. The van der Waals surface area contributed by atoms with Crippen molar-refractivity contribution in [2.75, 3.05) is 33.3 Å². The molecule has 0 aliphatic carbocycles. The molecule has 0 aromatic heterocycles. The first-order valence-electron chi connectivity index (χ1n) is 13.2. The summed E-state index contributed by atoms with van der Waals surface area (Å²) >= 11 is 0. The van der Waals surface area contributed by atoms with Gasteiger partial charge >= 0.3 is 12.2 Å². The fourth-order valence-electron chi connectivity index (χ4n) is 3.90. The summed E-state index contributed by atoms with van der Waals surface area (Å²) in [6, 6.07) is 4.26. The van der Waals surface area contributed by atoms with Crippen molar-refractivity contribution in [3.05, 3.63) is 28.3 Å². The smallest absolute Gasteiger partial charge is 0.410 e. The van der Waals surface area contributed by atoms with Gasteiger partial charge in [-0.25, -0.2) is 9.59 Å². The van der Waals surface area contributed by atoms with Crippen molar-refractivity contribution in [3.8, 4) is 11.5 Å². The number of hydrogen-bond acceptors (Lipinski definition) is 9. The predicted molar refractivity (Wildman–Crippen MR) is 144 cm³/mol. The number of nitro groups is 1. The lowest BCUT2D eigenvalue weighted by Gasteiger charge is -2.33. The number of non-ortho nitro benzene ring substituents is 1. The molecule has 2 saturated heterocycles. The van der Waals surface area contributed by atoms with Crippen LogP contribution in [0.25, 0.3) is 0 Å². The summed E-state index contributed by atoms with van der Waals surface area (Å²) in [4.78, 5) is 37.3. The summed E-state index contributed by atoms with van der Waals surface area (Å²) in [5.41, 5.74) is -1.01. The minimum atomic E-state index is -0.517. The second kappa shape index (κ2) is 13.7. The van der Waals surface area contributed by atoms with E-state index in [1.807, 2.05) is 41.5 Å². The van der Waals surface area contributed by atoms with Crippen molar-refractivity contribution in [1.82, 2.24) is 9.80 Å². The van der Waals surface area contributed by atoms with Crippen LogP contribution in [0.4, 0.5) is 15.3 Å². The van der Waals surface area contributed by atoms with Gasteiger partial charge in [-0.3, -0.25) is 10.1 Å². The van der Waals surface area contributed by atoms with Gasteiger partial charge < -0.3 is 33.9 Å². The number of methoxy groups -OCH3 is 1. The quantitative estimate of drug-likeness (QED) is 0.413. The molecular weight excluding hydrogens is 510 g/mol. The van der Waals surface area contributed by atoms with E-state index in [-0.39, 0.29) is 30.1 Å². The summed E-state index contributed by atoms with van der Waals surface area (Å²) in [5.74, 6) is 0.785. The number of aliphatic hydroxyl groups excluding tert-OH is 1. The molecule has 0 spiro atoms. The molecule has 1 aromatic carbocycles. The van der Waals surface area contributed by atoms with Crippen LogP contribution < -0.4 is 9.47 Å². The van der Waals surface area contributed by atoms with Crippen molar-refractivity contribution in [3.63, 3.8) is 0 Å². The van der Waals surface area contributed by atoms with Gasteiger partial charge in [-0.2, -0.15) is 0 Å². The Hall–Kier alpha value is -3.28. The normalized spacial score (nSPS) is 17.0. The maximum Gasteiger partial charge on any atom is 0.410 e. The number of likely N-dealkylation sites (tertiary alicyclic amines) is 2. The van der Waals surface area contributed by atoms with Crippen molar-refractivity contribution in [2.45, 2.75) is 90.6 Å². The summed E-state index contributed by atoms with van der Waals surface area (Å²) in [7, 11) is 1.44. The predicted octanol–water partition coefficient (Wildman–Crippen LogP) is 4.76. The van der Waals surface area contributed by atoms with E-state index in [2.05, 4.69) is 0 Å². The molecule has 1 N–H and O–H groups in total. The van der Waals surface area contributed by atoms with Crippen LogP contribution in [0, 0.1) is 10.1 Å². The van der Waals surface area contributed by atoms with E-state index >= 15 is 0 Å². The highest BCUT2D eigenvalue weighted by Crippen LogP contribution is 2.33. The van der Waals surface area contributed by atoms with E-state index in [1.165, 1.54) is 25.3 Å². The van der Waals surface area contributed by atoms with Gasteiger partial charge in [-0.15, -0.1) is 0 Å². The van der Waals surface area contributed by atoms with Gasteiger partial charge in [0.1, 0.15) is 17.3 Å². The molecule has 0 bridgehead atoms. The number of amides is 2. The zero-order valence-electron chi connectivity index (χ0n) is 24.1. The number of benzene rings is 1. The van der Waals surface area contributed by atoms with E-state index in [0.29, 0.717) is 63.4 Å². The molecule has 12 heteroatoms. The molecule has 12 nitrogen and oxygen atoms in total. The molecule has 2 amide bonds. The first-order valence-corrected chi connectivity index (χ1v) is 13.2. The number of rotatable bonds is 4. The monoisotopic (exact) mass is 553 g/mol. The average molecular weight is 554 g/mol. The topological polar surface area (TPSA) is 141 Å². The standard InChI is InChI=1S/C17H24N2O6.C10H19NO3/c1-17(2,3)25-16(20)18-9-7-13(8-10-18)24-14-6-5-12(19(21)22)11-15(14)23-4;1-10(2,3)14-9(13)11-6-4-8(12)5-7-11/h5-6,11,13H,7-10H2,1-4H3;8,12H,4-7H2,1-3H3. The van der Waals surface area contributed by atoms with Gasteiger partial charge in [-0.1, -0.05) is 0 Å². The minimum Gasteiger partial charge on any atom is -0.493 e. The Balaban J connectivity index is 0.000000322. The van der Waals surface area contributed by atoms with Crippen LogP contribution in [0.2, 0.25) is 0 Å². The van der Waals surface area contributed by atoms with Gasteiger partial charge in [0, 0.05) is 45.1 Å². The Morgan fingerprint density at radius 2 is 1.33 bits per heavy atom. The fraction of sp³-hybridized carbons (Fsp3) is 0.704. The van der Waals surface area contributed by atoms with E-state index in [9.17, 15) is 24.8 Å². The highest BCUT2D eigenvalue weighted by Gasteiger charge is 2.29. The fourth-order valence-corrected chi connectivity index (χ4v) is 3.90.